The molecule has 3 aliphatic heterocycles. The summed E-state index contributed by atoms with van der Waals surface area (Å²) in [6.45, 7) is 10.9. The van der Waals surface area contributed by atoms with E-state index in [9.17, 15) is 47.7 Å². The minimum Gasteiger partial charge on any atom is -0.461 e. The van der Waals surface area contributed by atoms with Crippen molar-refractivity contribution in [2.45, 2.75) is 192 Å². The van der Waals surface area contributed by atoms with Gasteiger partial charge < -0.3 is 55.0 Å². The lowest BCUT2D eigenvalue weighted by atomic mass is 9.78. The maximum atomic E-state index is 14.5. The summed E-state index contributed by atoms with van der Waals surface area (Å²) in [5, 5.41) is 37.5. The lowest BCUT2D eigenvalue weighted by Gasteiger charge is -2.43. The molecular formula is C56H82F3N3O12. The third kappa shape index (κ3) is 16.8. The van der Waals surface area contributed by atoms with Gasteiger partial charge in [-0.1, -0.05) is 75.8 Å². The van der Waals surface area contributed by atoms with Gasteiger partial charge in [0.2, 0.25) is 5.79 Å². The van der Waals surface area contributed by atoms with Gasteiger partial charge in [-0.15, -0.1) is 13.2 Å². The fourth-order valence-electron chi connectivity index (χ4n) is 11.0. The molecule has 0 aromatic heterocycles. The van der Waals surface area contributed by atoms with Crippen molar-refractivity contribution in [3.63, 3.8) is 0 Å². The number of ketones is 2. The van der Waals surface area contributed by atoms with Crippen molar-refractivity contribution < 1.29 is 71.4 Å². The second-order valence-corrected chi connectivity index (χ2v) is 21.4. The van der Waals surface area contributed by atoms with E-state index < -0.39 is 96.0 Å². The number of fused-ring (bicyclic) bond motifs is 3. The highest BCUT2D eigenvalue weighted by Gasteiger charge is 2.53. The number of hydrogen-bond donors (Lipinski definition) is 5. The molecular weight excluding hydrogens is 964 g/mol. The number of nitrogens with zero attached hydrogens (tertiary/aromatic N) is 1. The Morgan fingerprint density at radius 3 is 2.35 bits per heavy atom. The number of Topliss-reactive ketones (excluding diaryl/α,β-unsaturated/α-hetero) is 2. The summed E-state index contributed by atoms with van der Waals surface area (Å²) in [5.41, 5.74) is 8.14. The molecule has 2 saturated heterocycles. The van der Waals surface area contributed by atoms with Gasteiger partial charge >= 0.3 is 12.3 Å². The van der Waals surface area contributed by atoms with Crippen molar-refractivity contribution in [2.75, 3.05) is 26.1 Å². The number of nitrogens with one attached hydrogen (secondary N) is 1. The Kier molecular flexibility index (Phi) is 22.5. The zero-order valence-electron chi connectivity index (χ0n) is 44.4. The van der Waals surface area contributed by atoms with E-state index in [-0.39, 0.29) is 55.4 Å². The van der Waals surface area contributed by atoms with Crippen molar-refractivity contribution in [2.24, 2.45) is 35.3 Å². The number of allylic oxidation sites excluding steroid dienone is 5. The van der Waals surface area contributed by atoms with Crippen LogP contribution in [0.1, 0.15) is 125 Å². The number of nitrogens with two attached hydrogens (primary N) is 1. The van der Waals surface area contributed by atoms with Gasteiger partial charge in [0.25, 0.3) is 11.7 Å². The van der Waals surface area contributed by atoms with Crippen LogP contribution < -0.4 is 15.8 Å². The monoisotopic (exact) mass is 1050 g/mol. The van der Waals surface area contributed by atoms with Crippen LogP contribution in [0.25, 0.3) is 0 Å². The number of rotatable bonds is 8. The van der Waals surface area contributed by atoms with E-state index >= 15 is 0 Å². The van der Waals surface area contributed by atoms with Crippen LogP contribution in [0.2, 0.25) is 0 Å². The molecule has 15 atom stereocenters. The highest BCUT2D eigenvalue weighted by Crippen LogP contribution is 2.38. The van der Waals surface area contributed by atoms with E-state index in [0.717, 1.165) is 12.0 Å². The molecule has 1 aromatic carbocycles. The molecule has 1 aliphatic carbocycles. The Hall–Kier alpha value is -4.43. The van der Waals surface area contributed by atoms with Crippen LogP contribution in [-0.2, 0) is 38.1 Å². The second kappa shape index (κ2) is 27.6. The number of piperidine rings is 1. The number of aliphatic hydroxyl groups excluding tert-OH is 2. The van der Waals surface area contributed by atoms with E-state index in [2.05, 4.69) is 10.1 Å². The molecule has 0 radical (unpaired) electrons. The SMILES string of the molecule is COC1CC(C[C@@H](C)[C@@H]2CC[C@H](N)/C=C(\C)C(O)[C@@H](OC)C(=O)C(C)C[C@H](C)/C=C/C=C/C=C(\C)[C@@H](Nc3cccc(OC(F)(F)F)c3)C[C@@H]3CCC(C)C(O)(O3)C(=O)C(=O)N3CCCCC3C(=O)O2)CC[C@H]1O. The zero-order chi connectivity index (χ0) is 54.5. The normalized spacial score (nSPS) is 37.0. The van der Waals surface area contributed by atoms with Crippen molar-refractivity contribution in [1.29, 1.82) is 0 Å². The first-order valence-corrected chi connectivity index (χ1v) is 26.4. The van der Waals surface area contributed by atoms with E-state index in [1.807, 2.05) is 39.0 Å². The topological polar surface area (TPSA) is 216 Å². The quantitative estimate of drug-likeness (QED) is 0.0946. The van der Waals surface area contributed by atoms with Gasteiger partial charge in [0.15, 0.2) is 5.78 Å². The molecule has 15 nitrogen and oxygen atoms in total. The van der Waals surface area contributed by atoms with Crippen molar-refractivity contribution in [1.82, 2.24) is 4.90 Å². The summed E-state index contributed by atoms with van der Waals surface area (Å²) in [7, 11) is 2.95. The number of halogens is 3. The standard InChI is InChI=1S/C56H82F3N3O12/c1-33-15-10-9-11-16-34(2)44(61-41-17-14-18-42(31-41)74-56(57,58)59)32-43-23-20-38(6)55(69,73-43)52(66)53(67)62-26-13-12-19-45(62)54(68)72-47(35(3)28-39-21-24-46(63)48(30-39)70-7)25-22-40(60)29-37(5)50(65)51(71-8)49(64)36(4)27-33/h9-11,14-18,29,31,33,35-36,38-40,43-48,50-51,61,63,65,69H,12-13,19-28,30,32,60H2,1-8H3/b11-9+,15-10+,34-16+,37-29+/t33-,35-,36?,38?,39?,40+,43+,44+,45?,46-,47+,48?,50?,51+,55?/m1/s1. The number of esters is 1. The number of cyclic esters (lactones) is 1. The van der Waals surface area contributed by atoms with Crippen LogP contribution in [-0.4, -0.2) is 131 Å². The molecule has 3 heterocycles. The number of alkyl halides is 3. The maximum Gasteiger partial charge on any atom is 0.573 e. The molecule has 1 saturated carbocycles. The molecule has 0 spiro atoms. The molecule has 6 N–H and O–H groups in total. The number of hydrogen-bond acceptors (Lipinski definition) is 14. The molecule has 2 bridgehead atoms. The first kappa shape index (κ1) is 60.4. The molecule has 18 heteroatoms. The van der Waals surface area contributed by atoms with Crippen molar-refractivity contribution in [3.05, 3.63) is 71.9 Å². The highest BCUT2D eigenvalue weighted by molar-refractivity contribution is 6.39. The maximum absolute atomic E-state index is 14.5. The number of carbonyl (C=O) groups is 4. The summed E-state index contributed by atoms with van der Waals surface area (Å²) < 4.78 is 67.7. The summed E-state index contributed by atoms with van der Waals surface area (Å²) in [6.07, 6.45) is 6.75. The van der Waals surface area contributed by atoms with Gasteiger partial charge in [0.1, 0.15) is 30.1 Å². The van der Waals surface area contributed by atoms with Gasteiger partial charge in [-0.25, -0.2) is 4.79 Å². The molecule has 7 unspecified atom stereocenters. The average Bonchev–Trinajstić information content (AvgIpc) is 3.35. The van der Waals surface area contributed by atoms with Crippen LogP contribution in [0, 0.1) is 29.6 Å². The molecule has 1 amide bonds. The van der Waals surface area contributed by atoms with Gasteiger partial charge in [-0.3, -0.25) is 14.4 Å². The van der Waals surface area contributed by atoms with Crippen LogP contribution in [0.15, 0.2) is 71.9 Å². The summed E-state index contributed by atoms with van der Waals surface area (Å²) in [6, 6.07) is 2.98. The molecule has 4 aliphatic rings. The molecule has 1 aromatic rings. The summed E-state index contributed by atoms with van der Waals surface area (Å²) >= 11 is 0. The van der Waals surface area contributed by atoms with Crippen LogP contribution in [0.3, 0.4) is 0 Å². The van der Waals surface area contributed by atoms with Crippen LogP contribution in [0.5, 0.6) is 5.75 Å². The summed E-state index contributed by atoms with van der Waals surface area (Å²) in [4.78, 5) is 58.4. The number of anilines is 1. The number of carbonyl (C=O) groups excluding carboxylic acids is 4. The Balaban J connectivity index is 1.49. The van der Waals surface area contributed by atoms with Crippen LogP contribution in [0.4, 0.5) is 18.9 Å². The lowest BCUT2D eigenvalue weighted by molar-refractivity contribution is -0.274. The molecule has 5 rings (SSSR count). The highest BCUT2D eigenvalue weighted by atomic mass is 19.4. The fourth-order valence-corrected chi connectivity index (χ4v) is 11.0. The van der Waals surface area contributed by atoms with Gasteiger partial charge in [-0.05, 0) is 133 Å². The Morgan fingerprint density at radius 1 is 0.905 bits per heavy atom. The minimum absolute atomic E-state index is 0.0526. The third-order valence-electron chi connectivity index (χ3n) is 15.5. The lowest BCUT2D eigenvalue weighted by Crippen LogP contribution is -2.61. The Morgan fingerprint density at radius 2 is 1.65 bits per heavy atom. The number of benzene rings is 1. The van der Waals surface area contributed by atoms with Crippen molar-refractivity contribution >= 4 is 29.1 Å². The minimum atomic E-state index is -4.92. The zero-order valence-corrected chi connectivity index (χ0v) is 44.4. The van der Waals surface area contributed by atoms with E-state index in [0.29, 0.717) is 69.0 Å². The Bertz CT molecular complexity index is 2170. The largest absolute Gasteiger partial charge is 0.573 e. The number of amides is 1. The summed E-state index contributed by atoms with van der Waals surface area (Å²) in [5.74, 6) is -7.69. The number of ether oxygens (including phenoxy) is 5. The number of methoxy groups -OCH3 is 2. The first-order chi connectivity index (χ1) is 34.9. The van der Waals surface area contributed by atoms with E-state index in [1.54, 1.807) is 52.2 Å². The smallest absolute Gasteiger partial charge is 0.461 e. The first-order valence-electron chi connectivity index (χ1n) is 26.4. The Labute approximate surface area is 435 Å². The average molecular weight is 1050 g/mol. The van der Waals surface area contributed by atoms with Gasteiger partial charge in [0.05, 0.1) is 18.3 Å². The van der Waals surface area contributed by atoms with E-state index in [1.165, 1.54) is 30.2 Å². The molecule has 414 valence electrons. The van der Waals surface area contributed by atoms with Gasteiger partial charge in [0, 0.05) is 56.4 Å². The predicted octanol–water partition coefficient (Wildman–Crippen LogP) is 8.06. The predicted molar refractivity (Wildman–Crippen MR) is 273 cm³/mol. The van der Waals surface area contributed by atoms with Crippen molar-refractivity contribution in [3.8, 4) is 5.75 Å². The molecule has 3 fully saturated rings. The molecule has 74 heavy (non-hydrogen) atoms. The second-order valence-electron chi connectivity index (χ2n) is 21.4. The number of aliphatic hydroxyl groups is 3. The van der Waals surface area contributed by atoms with E-state index in [4.69, 9.17) is 24.7 Å². The fraction of sp³-hybridized carbons (Fsp3) is 0.679. The van der Waals surface area contributed by atoms with Crippen LogP contribution >= 0.6 is 0 Å². The van der Waals surface area contributed by atoms with Gasteiger partial charge in [-0.2, -0.15) is 0 Å². The third-order valence-corrected chi connectivity index (χ3v) is 15.5.